The summed E-state index contributed by atoms with van der Waals surface area (Å²) in [7, 11) is -4.57. The van der Waals surface area contributed by atoms with E-state index in [0.717, 1.165) is 6.07 Å². The SMILES string of the molecule is O=C(O)C(C(=O)O)S(=O)(=O)c1ccnc2ccccc12. The second kappa shape index (κ2) is 4.89. The lowest BCUT2D eigenvalue weighted by atomic mass is 10.2. The van der Waals surface area contributed by atoms with Gasteiger partial charge in [-0.3, -0.25) is 14.6 Å². The van der Waals surface area contributed by atoms with Gasteiger partial charge >= 0.3 is 11.9 Å². The normalized spacial score (nSPS) is 11.7. The maximum Gasteiger partial charge on any atom is 0.333 e. The average Bonchev–Trinajstić information content (AvgIpc) is 2.36. The summed E-state index contributed by atoms with van der Waals surface area (Å²) in [5.74, 6) is -3.86. The number of sulfone groups is 1. The number of carboxylic acid groups (broad SMARTS) is 2. The Morgan fingerprint density at radius 2 is 1.65 bits per heavy atom. The molecule has 1 aromatic carbocycles. The molecule has 104 valence electrons. The number of fused-ring (bicyclic) bond motifs is 1. The molecule has 0 saturated heterocycles. The average molecular weight is 295 g/mol. The number of carbonyl (C=O) groups is 2. The smallest absolute Gasteiger partial charge is 0.333 e. The molecular formula is C12H9NO6S. The summed E-state index contributed by atoms with van der Waals surface area (Å²) in [4.78, 5) is 25.4. The zero-order valence-corrected chi connectivity index (χ0v) is 10.7. The van der Waals surface area contributed by atoms with Crippen molar-refractivity contribution in [2.75, 3.05) is 0 Å². The number of para-hydroxylation sites is 1. The zero-order valence-electron chi connectivity index (χ0n) is 9.92. The molecule has 1 heterocycles. The first-order valence-electron chi connectivity index (χ1n) is 5.39. The molecule has 0 amide bonds. The highest BCUT2D eigenvalue weighted by Crippen LogP contribution is 2.24. The summed E-state index contributed by atoms with van der Waals surface area (Å²) in [6.45, 7) is 0. The fourth-order valence-corrected chi connectivity index (χ4v) is 3.33. The highest BCUT2D eigenvalue weighted by Gasteiger charge is 2.41. The van der Waals surface area contributed by atoms with Crippen molar-refractivity contribution in [2.24, 2.45) is 0 Å². The molecule has 2 rings (SSSR count). The molecule has 0 atom stereocenters. The van der Waals surface area contributed by atoms with Crippen LogP contribution in [0.25, 0.3) is 10.9 Å². The largest absolute Gasteiger partial charge is 0.480 e. The number of benzene rings is 1. The molecule has 8 heteroatoms. The summed E-state index contributed by atoms with van der Waals surface area (Å²) in [5, 5.41) is 15.3. The molecule has 0 saturated carbocycles. The molecular weight excluding hydrogens is 286 g/mol. The molecule has 7 nitrogen and oxygen atoms in total. The standard InChI is InChI=1S/C12H9NO6S/c14-11(15)10(12(16)17)20(18,19)9-5-6-13-8-4-2-1-3-7(8)9/h1-6,10H,(H,14,15)(H,16,17). The maximum atomic E-state index is 12.2. The molecule has 2 aromatic rings. The number of aliphatic carboxylic acids is 2. The van der Waals surface area contributed by atoms with Crippen LogP contribution in [0.3, 0.4) is 0 Å². The fourth-order valence-electron chi connectivity index (χ4n) is 1.82. The first kappa shape index (κ1) is 13.9. The van der Waals surface area contributed by atoms with E-state index in [1.54, 1.807) is 18.2 Å². The van der Waals surface area contributed by atoms with E-state index in [1.807, 2.05) is 0 Å². The number of rotatable bonds is 4. The summed E-state index contributed by atoms with van der Waals surface area (Å²) in [6, 6.07) is 7.27. The van der Waals surface area contributed by atoms with E-state index in [9.17, 15) is 18.0 Å². The van der Waals surface area contributed by atoms with E-state index < -0.39 is 27.0 Å². The lowest BCUT2D eigenvalue weighted by Crippen LogP contribution is -2.37. The second-order valence-corrected chi connectivity index (χ2v) is 5.93. The van der Waals surface area contributed by atoms with Crippen molar-refractivity contribution < 1.29 is 28.2 Å². The third kappa shape index (κ3) is 2.21. The lowest BCUT2D eigenvalue weighted by Gasteiger charge is -2.11. The molecule has 2 N–H and O–H groups in total. The van der Waals surface area contributed by atoms with Crippen LogP contribution < -0.4 is 0 Å². The van der Waals surface area contributed by atoms with Crippen molar-refractivity contribution in [1.29, 1.82) is 0 Å². The molecule has 0 spiro atoms. The van der Waals surface area contributed by atoms with Crippen molar-refractivity contribution >= 4 is 32.7 Å². The number of carboxylic acids is 2. The summed E-state index contributed by atoms with van der Waals surface area (Å²) in [6.07, 6.45) is 1.19. The van der Waals surface area contributed by atoms with E-state index in [1.165, 1.54) is 12.3 Å². The molecule has 0 fully saturated rings. The van der Waals surface area contributed by atoms with Crippen molar-refractivity contribution in [2.45, 2.75) is 10.1 Å². The van der Waals surface area contributed by atoms with Crippen molar-refractivity contribution in [1.82, 2.24) is 4.98 Å². The molecule has 0 radical (unpaired) electrons. The fraction of sp³-hybridized carbons (Fsp3) is 0.0833. The van der Waals surface area contributed by atoms with Gasteiger partial charge in [0.25, 0.3) is 5.25 Å². The first-order valence-corrected chi connectivity index (χ1v) is 6.93. The van der Waals surface area contributed by atoms with Gasteiger partial charge in [-0.1, -0.05) is 18.2 Å². The van der Waals surface area contributed by atoms with E-state index in [0.29, 0.717) is 5.52 Å². The van der Waals surface area contributed by atoms with Crippen molar-refractivity contribution in [3.8, 4) is 0 Å². The number of nitrogens with zero attached hydrogens (tertiary/aromatic N) is 1. The highest BCUT2D eigenvalue weighted by molar-refractivity contribution is 7.93. The number of aromatic nitrogens is 1. The Hall–Kier alpha value is -2.48. The van der Waals surface area contributed by atoms with Crippen molar-refractivity contribution in [3.05, 3.63) is 36.5 Å². The van der Waals surface area contributed by atoms with Gasteiger partial charge in [0, 0.05) is 11.6 Å². The Labute approximate surface area is 113 Å². The summed E-state index contributed by atoms with van der Waals surface area (Å²) in [5.41, 5.74) is 0.336. The summed E-state index contributed by atoms with van der Waals surface area (Å²) >= 11 is 0. The van der Waals surface area contributed by atoms with Crippen molar-refractivity contribution in [3.63, 3.8) is 0 Å². The van der Waals surface area contributed by atoms with Gasteiger partial charge < -0.3 is 10.2 Å². The van der Waals surface area contributed by atoms with Gasteiger partial charge in [0.1, 0.15) is 0 Å². The van der Waals surface area contributed by atoms with Crippen LogP contribution in [0.15, 0.2) is 41.4 Å². The number of hydrogen-bond donors (Lipinski definition) is 2. The van der Waals surface area contributed by atoms with Gasteiger partial charge in [-0.15, -0.1) is 0 Å². The van der Waals surface area contributed by atoms with E-state index in [4.69, 9.17) is 10.2 Å². The van der Waals surface area contributed by atoms with Gasteiger partial charge in [0.15, 0.2) is 0 Å². The van der Waals surface area contributed by atoms with Crippen LogP contribution in [0.5, 0.6) is 0 Å². The number of hydrogen-bond acceptors (Lipinski definition) is 5. The van der Waals surface area contributed by atoms with Gasteiger partial charge in [0.05, 0.1) is 10.4 Å². The molecule has 20 heavy (non-hydrogen) atoms. The van der Waals surface area contributed by atoms with Crippen LogP contribution in [-0.4, -0.2) is 40.8 Å². The van der Waals surface area contributed by atoms with Gasteiger partial charge in [-0.05, 0) is 12.1 Å². The Balaban J connectivity index is 2.75. The molecule has 0 aliphatic rings. The van der Waals surface area contributed by atoms with Gasteiger partial charge in [-0.2, -0.15) is 0 Å². The highest BCUT2D eigenvalue weighted by atomic mass is 32.2. The molecule has 0 aliphatic heterocycles. The molecule has 0 aliphatic carbocycles. The molecule has 0 bridgehead atoms. The zero-order chi connectivity index (χ0) is 14.9. The minimum absolute atomic E-state index is 0.183. The minimum Gasteiger partial charge on any atom is -0.480 e. The van der Waals surface area contributed by atoms with Crippen LogP contribution in [0.1, 0.15) is 0 Å². The predicted molar refractivity (Wildman–Crippen MR) is 68.0 cm³/mol. The second-order valence-electron chi connectivity index (χ2n) is 3.93. The van der Waals surface area contributed by atoms with Crippen LogP contribution in [-0.2, 0) is 19.4 Å². The first-order chi connectivity index (χ1) is 9.35. The predicted octanol–water partition coefficient (Wildman–Crippen LogP) is 0.546. The van der Waals surface area contributed by atoms with Crippen LogP contribution in [0, 0.1) is 0 Å². The monoisotopic (exact) mass is 295 g/mol. The Kier molecular flexibility index (Phi) is 3.41. The Bertz CT molecular complexity index is 779. The number of pyridine rings is 1. The maximum absolute atomic E-state index is 12.2. The Morgan fingerprint density at radius 1 is 1.05 bits per heavy atom. The third-order valence-corrected chi connectivity index (χ3v) is 4.67. The molecule has 1 aromatic heterocycles. The molecule has 0 unspecified atom stereocenters. The third-order valence-electron chi connectivity index (χ3n) is 2.67. The van der Waals surface area contributed by atoms with E-state index >= 15 is 0 Å². The van der Waals surface area contributed by atoms with Crippen LogP contribution >= 0.6 is 0 Å². The minimum atomic E-state index is -4.57. The Morgan fingerprint density at radius 3 is 2.25 bits per heavy atom. The lowest BCUT2D eigenvalue weighted by molar-refractivity contribution is -0.146. The van der Waals surface area contributed by atoms with Gasteiger partial charge in [-0.25, -0.2) is 8.42 Å². The van der Waals surface area contributed by atoms with Crippen LogP contribution in [0.2, 0.25) is 0 Å². The quantitative estimate of drug-likeness (QED) is 0.789. The topological polar surface area (TPSA) is 122 Å². The van der Waals surface area contributed by atoms with E-state index in [-0.39, 0.29) is 10.3 Å². The van der Waals surface area contributed by atoms with E-state index in [2.05, 4.69) is 4.98 Å². The van der Waals surface area contributed by atoms with Gasteiger partial charge in [0.2, 0.25) is 9.84 Å². The van der Waals surface area contributed by atoms with Crippen LogP contribution in [0.4, 0.5) is 0 Å². The summed E-state index contributed by atoms with van der Waals surface area (Å²) < 4.78 is 24.5.